The molecule has 7 nitrogen and oxygen atoms in total. The summed E-state index contributed by atoms with van der Waals surface area (Å²) < 4.78 is 30.8. The van der Waals surface area contributed by atoms with Crippen LogP contribution in [0.5, 0.6) is 17.2 Å². The molecule has 3 N–H and O–H groups in total. The Balaban J connectivity index is 1.88. The summed E-state index contributed by atoms with van der Waals surface area (Å²) in [6.07, 6.45) is -0.520. The van der Waals surface area contributed by atoms with Crippen LogP contribution in [-0.4, -0.2) is 38.1 Å². The molecule has 190 valence electrons. The topological polar surface area (TPSA) is 94.2 Å². The zero-order valence-corrected chi connectivity index (χ0v) is 21.2. The average Bonchev–Trinajstić information content (AvgIpc) is 2.82. The number of methoxy groups -OCH3 is 2. The minimum Gasteiger partial charge on any atom is -0.493 e. The van der Waals surface area contributed by atoms with Gasteiger partial charge in [-0.15, -0.1) is 0 Å². The van der Waals surface area contributed by atoms with E-state index in [1.54, 1.807) is 26.4 Å². The number of ether oxygens (including phenoxy) is 3. The van der Waals surface area contributed by atoms with Gasteiger partial charge in [0.05, 0.1) is 36.5 Å². The van der Waals surface area contributed by atoms with Crippen molar-refractivity contribution in [1.82, 2.24) is 0 Å². The number of nitrogens with two attached hydrogens (primary N) is 1. The molecule has 0 aromatic heterocycles. The number of carboxylic acid groups (broad SMARTS) is 1. The zero-order valence-electron chi connectivity index (χ0n) is 19.7. The molecule has 3 aromatic carbocycles. The van der Waals surface area contributed by atoms with Gasteiger partial charge in [-0.05, 0) is 41.8 Å². The van der Waals surface area contributed by atoms with Crippen LogP contribution in [0.25, 0.3) is 11.1 Å². The van der Waals surface area contributed by atoms with Crippen LogP contribution in [0.15, 0.2) is 42.5 Å². The molecule has 1 aliphatic heterocycles. The summed E-state index contributed by atoms with van der Waals surface area (Å²) in [7, 11) is 3.13. The van der Waals surface area contributed by atoms with E-state index in [2.05, 4.69) is 0 Å². The number of benzene rings is 3. The number of halogens is 3. The third kappa shape index (κ3) is 5.31. The Labute approximate surface area is 218 Å². The molecule has 0 saturated carbocycles. The molecule has 36 heavy (non-hydrogen) atoms. The van der Waals surface area contributed by atoms with E-state index in [0.29, 0.717) is 52.7 Å². The highest BCUT2D eigenvalue weighted by Gasteiger charge is 2.31. The standard InChI is InChI=1S/C26H25Cl2FN2O5/c1-34-20-7-3-14(9-21(20)35-2)12-31-13-22(30)36-26-15(5-8-23(32)33)4-6-17(25(26)31)24-18(27)10-16(29)11-19(24)28/h3-4,6-7,9-11,22H,5,8,12-13,30H2,1-2H3,(H,32,33)/t22-/m0/s1. The quantitative estimate of drug-likeness (QED) is 0.393. The molecule has 4 rings (SSSR count). The molecule has 0 spiro atoms. The number of anilines is 1. The summed E-state index contributed by atoms with van der Waals surface area (Å²) in [5, 5.41) is 9.51. The highest BCUT2D eigenvalue weighted by Crippen LogP contribution is 2.48. The number of fused-ring (bicyclic) bond motifs is 1. The first-order valence-corrected chi connectivity index (χ1v) is 11.9. The molecular formula is C26H25Cl2FN2O5. The van der Waals surface area contributed by atoms with Crippen molar-refractivity contribution in [2.45, 2.75) is 25.6 Å². The second kappa shape index (κ2) is 10.8. The fraction of sp³-hybridized carbons (Fsp3) is 0.269. The van der Waals surface area contributed by atoms with Gasteiger partial charge in [0.25, 0.3) is 0 Å². The Morgan fingerprint density at radius 2 is 1.83 bits per heavy atom. The maximum Gasteiger partial charge on any atom is 0.303 e. The minimum absolute atomic E-state index is 0.0852. The van der Waals surface area contributed by atoms with Crippen molar-refractivity contribution >= 4 is 34.9 Å². The third-order valence-corrected chi connectivity index (χ3v) is 6.50. The lowest BCUT2D eigenvalue weighted by Crippen LogP contribution is -2.45. The number of carboxylic acids is 1. The van der Waals surface area contributed by atoms with Crippen LogP contribution in [0.1, 0.15) is 17.5 Å². The maximum absolute atomic E-state index is 14.0. The van der Waals surface area contributed by atoms with E-state index >= 15 is 0 Å². The number of carbonyl (C=O) groups is 1. The van der Waals surface area contributed by atoms with E-state index < -0.39 is 18.0 Å². The predicted molar refractivity (Wildman–Crippen MR) is 137 cm³/mol. The van der Waals surface area contributed by atoms with Gasteiger partial charge in [0.2, 0.25) is 0 Å². The summed E-state index contributed by atoms with van der Waals surface area (Å²) in [6, 6.07) is 11.5. The van der Waals surface area contributed by atoms with Gasteiger partial charge in [0.15, 0.2) is 17.7 Å². The van der Waals surface area contributed by atoms with Gasteiger partial charge >= 0.3 is 5.97 Å². The Bertz CT molecular complexity index is 1280. The Morgan fingerprint density at radius 1 is 1.14 bits per heavy atom. The van der Waals surface area contributed by atoms with Crippen LogP contribution in [0.4, 0.5) is 10.1 Å². The van der Waals surface area contributed by atoms with Crippen LogP contribution < -0.4 is 24.8 Å². The highest BCUT2D eigenvalue weighted by atomic mass is 35.5. The maximum atomic E-state index is 14.0. The lowest BCUT2D eigenvalue weighted by Gasteiger charge is -2.37. The van der Waals surface area contributed by atoms with Crippen molar-refractivity contribution in [3.8, 4) is 28.4 Å². The van der Waals surface area contributed by atoms with Crippen molar-refractivity contribution in [1.29, 1.82) is 0 Å². The van der Waals surface area contributed by atoms with Crippen molar-refractivity contribution in [2.75, 3.05) is 25.7 Å². The van der Waals surface area contributed by atoms with E-state index in [0.717, 1.165) is 5.56 Å². The van der Waals surface area contributed by atoms with Gasteiger partial charge < -0.3 is 24.2 Å². The molecule has 0 saturated heterocycles. The Hall–Kier alpha value is -3.20. The lowest BCUT2D eigenvalue weighted by molar-refractivity contribution is -0.136. The molecule has 0 fully saturated rings. The molecular weight excluding hydrogens is 510 g/mol. The van der Waals surface area contributed by atoms with Crippen LogP contribution >= 0.6 is 23.2 Å². The normalized spacial score (nSPS) is 14.7. The predicted octanol–water partition coefficient (Wildman–Crippen LogP) is 5.52. The molecule has 1 heterocycles. The van der Waals surface area contributed by atoms with Gasteiger partial charge in [-0.3, -0.25) is 10.5 Å². The first kappa shape index (κ1) is 25.9. The summed E-state index contributed by atoms with van der Waals surface area (Å²) in [4.78, 5) is 13.3. The van der Waals surface area contributed by atoms with Gasteiger partial charge in [-0.25, -0.2) is 4.39 Å². The Kier molecular flexibility index (Phi) is 7.78. The van der Waals surface area contributed by atoms with Crippen LogP contribution in [0.2, 0.25) is 10.0 Å². The molecule has 0 amide bonds. The van der Waals surface area contributed by atoms with E-state index in [1.807, 2.05) is 23.1 Å². The van der Waals surface area contributed by atoms with Crippen LogP contribution in [0.3, 0.4) is 0 Å². The number of nitrogens with zero attached hydrogens (tertiary/aromatic N) is 1. The molecule has 10 heteroatoms. The van der Waals surface area contributed by atoms with Crippen molar-refractivity contribution in [3.63, 3.8) is 0 Å². The fourth-order valence-corrected chi connectivity index (χ4v) is 5.00. The first-order valence-electron chi connectivity index (χ1n) is 11.1. The number of aliphatic carboxylic acids is 1. The zero-order chi connectivity index (χ0) is 26.0. The van der Waals surface area contributed by atoms with Crippen LogP contribution in [-0.2, 0) is 17.8 Å². The van der Waals surface area contributed by atoms with Gasteiger partial charge in [-0.2, -0.15) is 0 Å². The molecule has 1 atom stereocenters. The van der Waals surface area contributed by atoms with Gasteiger partial charge in [0, 0.05) is 24.1 Å². The fourth-order valence-electron chi connectivity index (χ4n) is 4.34. The first-order chi connectivity index (χ1) is 17.2. The number of hydrogen-bond acceptors (Lipinski definition) is 6. The number of rotatable bonds is 8. The monoisotopic (exact) mass is 534 g/mol. The number of hydrogen-bond donors (Lipinski definition) is 2. The molecule has 1 aliphatic rings. The second-order valence-electron chi connectivity index (χ2n) is 8.31. The van der Waals surface area contributed by atoms with Crippen molar-refractivity contribution in [2.24, 2.45) is 5.73 Å². The second-order valence-corrected chi connectivity index (χ2v) is 9.13. The van der Waals surface area contributed by atoms with E-state index in [1.165, 1.54) is 12.1 Å². The van der Waals surface area contributed by atoms with Gasteiger partial charge in [-0.1, -0.05) is 41.4 Å². The van der Waals surface area contributed by atoms with Gasteiger partial charge in [0.1, 0.15) is 11.6 Å². The third-order valence-electron chi connectivity index (χ3n) is 5.90. The largest absolute Gasteiger partial charge is 0.493 e. The summed E-state index contributed by atoms with van der Waals surface area (Å²) in [5.41, 5.74) is 9.55. The molecule has 0 unspecified atom stereocenters. The smallest absolute Gasteiger partial charge is 0.303 e. The van der Waals surface area contributed by atoms with Crippen molar-refractivity contribution < 1.29 is 28.5 Å². The summed E-state index contributed by atoms with van der Waals surface area (Å²) in [5.74, 6) is 0.139. The van der Waals surface area contributed by atoms with E-state index in [4.69, 9.17) is 43.1 Å². The summed E-state index contributed by atoms with van der Waals surface area (Å²) >= 11 is 12.9. The average molecular weight is 535 g/mol. The van der Waals surface area contributed by atoms with Crippen LogP contribution in [0, 0.1) is 5.82 Å². The lowest BCUT2D eigenvalue weighted by atomic mass is 9.96. The molecule has 0 bridgehead atoms. The number of aryl methyl sites for hydroxylation is 1. The van der Waals surface area contributed by atoms with E-state index in [-0.39, 0.29) is 22.9 Å². The van der Waals surface area contributed by atoms with E-state index in [9.17, 15) is 14.3 Å². The molecule has 3 aromatic rings. The van der Waals surface area contributed by atoms with Crippen molar-refractivity contribution in [3.05, 3.63) is 69.5 Å². The SMILES string of the molecule is COc1ccc(CN2C[C@@H](N)Oc3c(CCC(=O)O)ccc(-c4c(Cl)cc(F)cc4Cl)c32)cc1OC. The summed E-state index contributed by atoms with van der Waals surface area (Å²) in [6.45, 7) is 0.739. The Morgan fingerprint density at radius 3 is 2.47 bits per heavy atom. The minimum atomic E-state index is -0.931. The highest BCUT2D eigenvalue weighted by molar-refractivity contribution is 6.39. The molecule has 0 radical (unpaired) electrons. The molecule has 0 aliphatic carbocycles.